The van der Waals surface area contributed by atoms with Gasteiger partial charge in [0.1, 0.15) is 0 Å². The fourth-order valence-electron chi connectivity index (χ4n) is 1.28. The fourth-order valence-corrected chi connectivity index (χ4v) is 2.85. The zero-order chi connectivity index (χ0) is 22.3. The van der Waals surface area contributed by atoms with Gasteiger partial charge in [0, 0.05) is 6.54 Å². The van der Waals surface area contributed by atoms with E-state index >= 15 is 0 Å². The Balaban J connectivity index is 5.82. The summed E-state index contributed by atoms with van der Waals surface area (Å²) in [4.78, 5) is 0. The number of nitrogens with one attached hydrogen (secondary N) is 1. The summed E-state index contributed by atoms with van der Waals surface area (Å²) in [6, 6.07) is 0. The van der Waals surface area contributed by atoms with Gasteiger partial charge in [-0.05, 0) is 6.42 Å². The predicted octanol–water partition coefficient (Wildman–Crippen LogP) is 2.24. The molecule has 0 fully saturated rings. The molecule has 0 aromatic carbocycles. The molecule has 0 saturated heterocycles. The highest BCUT2D eigenvalue weighted by Gasteiger charge is 2.89. The quantitative estimate of drug-likeness (QED) is 0.305. The first-order valence-corrected chi connectivity index (χ1v) is 9.07. The maximum Gasteiger partial charge on any atom is 0.460 e. The van der Waals surface area contributed by atoms with Crippen molar-refractivity contribution in [3.63, 3.8) is 0 Å². The maximum absolute atomic E-state index is 13.3. The average molecular weight is 471 g/mol. The van der Waals surface area contributed by atoms with Crippen LogP contribution in [0, 0.1) is 0 Å². The van der Waals surface area contributed by atoms with E-state index in [4.69, 9.17) is 4.55 Å². The Kier molecular flexibility index (Phi) is 6.89. The summed E-state index contributed by atoms with van der Waals surface area (Å²) in [5.74, 6) is -24.7. The highest BCUT2D eigenvalue weighted by molar-refractivity contribution is 7.90. The van der Waals surface area contributed by atoms with Crippen LogP contribution in [0.5, 0.6) is 0 Å². The number of hydrogen-bond donors (Lipinski definition) is 2. The first-order valence-electron chi connectivity index (χ1n) is 5.98. The minimum atomic E-state index is -7.90. The summed E-state index contributed by atoms with van der Waals surface area (Å²) < 4.78 is 191. The molecule has 0 unspecified atom stereocenters. The summed E-state index contributed by atoms with van der Waals surface area (Å²) in [5.41, 5.74) is 0. The molecule has 0 aromatic rings. The topological polar surface area (TPSA) is 101 Å². The molecule has 0 spiro atoms. The van der Waals surface area contributed by atoms with Crippen molar-refractivity contribution in [3.8, 4) is 0 Å². The summed E-state index contributed by atoms with van der Waals surface area (Å²) in [5, 5.41) is -7.18. The van der Waals surface area contributed by atoms with Crippen molar-refractivity contribution in [1.82, 2.24) is 4.72 Å². The fraction of sp³-hybridized carbons (Fsp3) is 1.00. The highest BCUT2D eigenvalue weighted by atomic mass is 32.2. The summed E-state index contributed by atoms with van der Waals surface area (Å²) in [6.45, 7) is -1.50. The highest BCUT2D eigenvalue weighted by Crippen LogP contribution is 2.58. The van der Waals surface area contributed by atoms with Crippen molar-refractivity contribution in [2.24, 2.45) is 0 Å². The lowest BCUT2D eigenvalue weighted by Crippen LogP contribution is -2.69. The lowest BCUT2D eigenvalue weighted by molar-refractivity contribution is -0.413. The molecule has 0 atom stereocenters. The molecule has 6 nitrogen and oxygen atoms in total. The third-order valence-electron chi connectivity index (χ3n) is 2.72. The van der Waals surface area contributed by atoms with Gasteiger partial charge in [-0.25, -0.2) is 13.1 Å². The van der Waals surface area contributed by atoms with Crippen LogP contribution in [0.25, 0.3) is 0 Å². The molecular weight excluding hydrogens is 463 g/mol. The Morgan fingerprint density at radius 2 is 1.11 bits per heavy atom. The Morgan fingerprint density at radius 1 is 0.704 bits per heavy atom. The van der Waals surface area contributed by atoms with Crippen molar-refractivity contribution in [2.45, 2.75) is 35.6 Å². The molecule has 164 valence electrons. The van der Waals surface area contributed by atoms with E-state index in [1.807, 2.05) is 0 Å². The van der Waals surface area contributed by atoms with Crippen LogP contribution >= 0.6 is 0 Å². The van der Waals surface area contributed by atoms with Crippen LogP contribution in [-0.2, 0) is 20.1 Å². The lowest BCUT2D eigenvalue weighted by Gasteiger charge is -2.36. The van der Waals surface area contributed by atoms with Gasteiger partial charge in [-0.1, -0.05) is 0 Å². The van der Waals surface area contributed by atoms with Gasteiger partial charge in [0.25, 0.3) is 20.1 Å². The SMILES string of the molecule is O=S(=O)(O)CCCNS(=O)(=O)C(F)(F)C(F)(F)C(F)(F)C(F)(F)C(F)(F)F. The van der Waals surface area contributed by atoms with Crippen LogP contribution in [0.4, 0.5) is 48.3 Å². The van der Waals surface area contributed by atoms with Gasteiger partial charge in [0.15, 0.2) is 0 Å². The molecule has 27 heavy (non-hydrogen) atoms. The second kappa shape index (κ2) is 7.14. The number of sulfonamides is 1. The normalized spacial score (nSPS) is 15.9. The first kappa shape index (κ1) is 26.1. The van der Waals surface area contributed by atoms with Gasteiger partial charge >= 0.3 is 29.2 Å². The average Bonchev–Trinajstić information content (AvgIpc) is 2.40. The van der Waals surface area contributed by atoms with Crippen molar-refractivity contribution >= 4 is 20.1 Å². The third-order valence-corrected chi connectivity index (χ3v) is 5.04. The van der Waals surface area contributed by atoms with Crippen molar-refractivity contribution < 1.29 is 69.7 Å². The minimum absolute atomic E-state index is 0.447. The van der Waals surface area contributed by atoms with E-state index in [1.165, 1.54) is 0 Å². The minimum Gasteiger partial charge on any atom is -0.286 e. The standard InChI is InChI=1S/C8H8F11NO5S2/c9-4(10,5(11,12)7(15,16)17)6(13,14)8(18,19)27(24,25)20-2-1-3-26(21,22)23/h20H,1-3H2,(H,21,22,23). The van der Waals surface area contributed by atoms with E-state index in [2.05, 4.69) is 0 Å². The molecule has 19 heteroatoms. The zero-order valence-corrected chi connectivity index (χ0v) is 13.8. The molecule has 0 aromatic heterocycles. The molecule has 0 aliphatic carbocycles. The summed E-state index contributed by atoms with van der Waals surface area (Å²) in [6.07, 6.45) is -8.52. The monoisotopic (exact) mass is 471 g/mol. The molecule has 0 radical (unpaired) electrons. The van der Waals surface area contributed by atoms with E-state index in [9.17, 15) is 65.1 Å². The van der Waals surface area contributed by atoms with Gasteiger partial charge in [-0.3, -0.25) is 4.55 Å². The van der Waals surface area contributed by atoms with Gasteiger partial charge in [-0.15, -0.1) is 0 Å². The summed E-state index contributed by atoms with van der Waals surface area (Å²) in [7, 11) is -11.8. The molecule has 0 aliphatic heterocycles. The van der Waals surface area contributed by atoms with Gasteiger partial charge < -0.3 is 0 Å². The predicted molar refractivity (Wildman–Crippen MR) is 63.8 cm³/mol. The van der Waals surface area contributed by atoms with Crippen LogP contribution in [0.2, 0.25) is 0 Å². The zero-order valence-electron chi connectivity index (χ0n) is 12.2. The molecule has 2 N–H and O–H groups in total. The van der Waals surface area contributed by atoms with Crippen LogP contribution in [0.1, 0.15) is 6.42 Å². The van der Waals surface area contributed by atoms with Crippen LogP contribution in [-0.4, -0.2) is 62.9 Å². The molecule has 0 amide bonds. The van der Waals surface area contributed by atoms with Gasteiger partial charge in [0.05, 0.1) is 5.75 Å². The molecule has 0 heterocycles. The Morgan fingerprint density at radius 3 is 1.44 bits per heavy atom. The second-order valence-electron chi connectivity index (χ2n) is 4.78. The third kappa shape index (κ3) is 4.73. The van der Waals surface area contributed by atoms with Crippen molar-refractivity contribution in [1.29, 1.82) is 0 Å². The Hall–Kier alpha value is -0.950. The second-order valence-corrected chi connectivity index (χ2v) is 8.16. The number of rotatable bonds is 9. The molecular formula is C8H8F11NO5S2. The van der Waals surface area contributed by atoms with E-state index in [1.54, 1.807) is 0 Å². The summed E-state index contributed by atoms with van der Waals surface area (Å²) >= 11 is 0. The van der Waals surface area contributed by atoms with Crippen LogP contribution < -0.4 is 4.72 Å². The maximum atomic E-state index is 13.3. The molecule has 0 rings (SSSR count). The number of alkyl halides is 11. The van der Waals surface area contributed by atoms with Crippen molar-refractivity contribution in [2.75, 3.05) is 12.3 Å². The Bertz CT molecular complexity index is 743. The van der Waals surface area contributed by atoms with Gasteiger partial charge in [0.2, 0.25) is 0 Å². The lowest BCUT2D eigenvalue weighted by atomic mass is 10.0. The van der Waals surface area contributed by atoms with Crippen LogP contribution in [0.3, 0.4) is 0 Å². The van der Waals surface area contributed by atoms with E-state index in [0.29, 0.717) is 4.72 Å². The molecule has 0 saturated carbocycles. The number of halogens is 11. The smallest absolute Gasteiger partial charge is 0.286 e. The molecule has 0 aliphatic rings. The van der Waals surface area contributed by atoms with Crippen LogP contribution in [0.15, 0.2) is 0 Å². The molecule has 0 bridgehead atoms. The van der Waals surface area contributed by atoms with E-state index < -0.39 is 68.1 Å². The largest absolute Gasteiger partial charge is 0.460 e. The van der Waals surface area contributed by atoms with E-state index in [-0.39, 0.29) is 0 Å². The van der Waals surface area contributed by atoms with Crippen molar-refractivity contribution in [3.05, 3.63) is 0 Å². The number of hydrogen-bond acceptors (Lipinski definition) is 4. The van der Waals surface area contributed by atoms with E-state index in [0.717, 1.165) is 0 Å². The first-order chi connectivity index (χ1) is 11.5. The Labute approximate surface area is 143 Å². The van der Waals surface area contributed by atoms with Gasteiger partial charge in [-0.2, -0.15) is 56.7 Å².